The maximum atomic E-state index is 11.7. The monoisotopic (exact) mass is 242 g/mol. The van der Waals surface area contributed by atoms with E-state index in [-0.39, 0.29) is 17.0 Å². The Labute approximate surface area is 97.6 Å². The number of hydrogen-bond donors (Lipinski definition) is 1. The predicted octanol–water partition coefficient (Wildman–Crippen LogP) is 2.43. The van der Waals surface area contributed by atoms with Gasteiger partial charge in [-0.05, 0) is 12.8 Å². The summed E-state index contributed by atoms with van der Waals surface area (Å²) < 4.78 is 0. The molecule has 1 unspecified atom stereocenters. The summed E-state index contributed by atoms with van der Waals surface area (Å²) in [5.74, 6) is 0.0723. The van der Waals surface area contributed by atoms with Crippen molar-refractivity contribution >= 4 is 22.2 Å². The summed E-state index contributed by atoms with van der Waals surface area (Å²) in [5.41, 5.74) is 0.351. The first-order valence-corrected chi connectivity index (χ1v) is 5.83. The number of carbonyl (C=O) groups is 1. The number of nitro groups is 1. The lowest BCUT2D eigenvalue weighted by atomic mass is 10.1. The topological polar surface area (TPSA) is 72.2 Å². The molecule has 0 aliphatic heterocycles. The number of amides is 1. The highest BCUT2D eigenvalue weighted by Crippen LogP contribution is 2.22. The normalized spacial score (nSPS) is 12.5. The van der Waals surface area contributed by atoms with Gasteiger partial charge >= 0.3 is 5.00 Å². The van der Waals surface area contributed by atoms with Crippen LogP contribution in [0.15, 0.2) is 11.4 Å². The first-order valence-electron chi connectivity index (χ1n) is 4.95. The van der Waals surface area contributed by atoms with Crippen LogP contribution in [0.3, 0.4) is 0 Å². The molecule has 0 aliphatic rings. The fraction of sp³-hybridized carbons (Fsp3) is 0.500. The van der Waals surface area contributed by atoms with Crippen molar-refractivity contribution in [1.82, 2.24) is 5.32 Å². The molecule has 1 amide bonds. The van der Waals surface area contributed by atoms with Crippen molar-refractivity contribution in [2.24, 2.45) is 5.92 Å². The summed E-state index contributed by atoms with van der Waals surface area (Å²) >= 11 is 0.962. The van der Waals surface area contributed by atoms with Gasteiger partial charge in [0.2, 0.25) is 0 Å². The number of nitrogens with one attached hydrogen (secondary N) is 1. The van der Waals surface area contributed by atoms with Crippen molar-refractivity contribution in [2.45, 2.75) is 26.8 Å². The average Bonchev–Trinajstić information content (AvgIpc) is 2.65. The second-order valence-electron chi connectivity index (χ2n) is 3.94. The minimum atomic E-state index is -0.493. The standard InChI is InChI=1S/C10H14N2O3S/c1-6(2)7(3)11-10(13)8-4-9(12(14)15)16-5-8/h4-7H,1-3H3,(H,11,13). The van der Waals surface area contributed by atoms with Crippen molar-refractivity contribution < 1.29 is 9.72 Å². The van der Waals surface area contributed by atoms with Crippen LogP contribution in [-0.2, 0) is 0 Å². The van der Waals surface area contributed by atoms with Crippen LogP contribution in [0.4, 0.5) is 5.00 Å². The quantitative estimate of drug-likeness (QED) is 0.651. The van der Waals surface area contributed by atoms with Crippen molar-refractivity contribution in [3.8, 4) is 0 Å². The molecule has 88 valence electrons. The molecule has 0 fully saturated rings. The van der Waals surface area contributed by atoms with E-state index in [1.807, 2.05) is 20.8 Å². The lowest BCUT2D eigenvalue weighted by Crippen LogP contribution is -2.35. The molecule has 5 nitrogen and oxygen atoms in total. The van der Waals surface area contributed by atoms with E-state index in [0.717, 1.165) is 11.3 Å². The van der Waals surface area contributed by atoms with Crippen LogP contribution in [0, 0.1) is 16.0 Å². The number of hydrogen-bond acceptors (Lipinski definition) is 4. The lowest BCUT2D eigenvalue weighted by Gasteiger charge is -2.16. The third kappa shape index (κ3) is 3.03. The highest BCUT2D eigenvalue weighted by Gasteiger charge is 2.17. The Hall–Kier alpha value is -1.43. The maximum absolute atomic E-state index is 11.7. The molecule has 1 heterocycles. The Morgan fingerprint density at radius 2 is 2.12 bits per heavy atom. The number of carbonyl (C=O) groups excluding carboxylic acids is 1. The third-order valence-electron chi connectivity index (χ3n) is 2.39. The molecular weight excluding hydrogens is 228 g/mol. The van der Waals surface area contributed by atoms with Crippen LogP contribution in [0.1, 0.15) is 31.1 Å². The number of nitrogens with zero attached hydrogens (tertiary/aromatic N) is 1. The van der Waals surface area contributed by atoms with Gasteiger partial charge in [-0.1, -0.05) is 25.2 Å². The fourth-order valence-electron chi connectivity index (χ4n) is 0.997. The smallest absolute Gasteiger partial charge is 0.324 e. The van der Waals surface area contributed by atoms with E-state index in [0.29, 0.717) is 11.5 Å². The first-order chi connectivity index (χ1) is 7.41. The van der Waals surface area contributed by atoms with Gasteiger partial charge in [0.15, 0.2) is 0 Å². The van der Waals surface area contributed by atoms with Crippen molar-refractivity contribution in [1.29, 1.82) is 0 Å². The summed E-state index contributed by atoms with van der Waals surface area (Å²) in [7, 11) is 0. The molecule has 0 aromatic carbocycles. The summed E-state index contributed by atoms with van der Waals surface area (Å²) in [5, 5.41) is 14.7. The van der Waals surface area contributed by atoms with E-state index in [1.54, 1.807) is 0 Å². The van der Waals surface area contributed by atoms with Gasteiger partial charge in [-0.3, -0.25) is 14.9 Å². The lowest BCUT2D eigenvalue weighted by molar-refractivity contribution is -0.380. The first kappa shape index (κ1) is 12.6. The molecule has 0 radical (unpaired) electrons. The molecule has 1 atom stereocenters. The van der Waals surface area contributed by atoms with E-state index in [1.165, 1.54) is 11.4 Å². The second kappa shape index (κ2) is 5.07. The van der Waals surface area contributed by atoms with Crippen molar-refractivity contribution in [2.75, 3.05) is 0 Å². The van der Waals surface area contributed by atoms with E-state index < -0.39 is 4.92 Å². The maximum Gasteiger partial charge on any atom is 0.324 e. The van der Waals surface area contributed by atoms with Gasteiger partial charge < -0.3 is 5.32 Å². The average molecular weight is 242 g/mol. The molecule has 1 N–H and O–H groups in total. The Balaban J connectivity index is 2.70. The van der Waals surface area contributed by atoms with Gasteiger partial charge in [-0.15, -0.1) is 0 Å². The Kier molecular flexibility index (Phi) is 4.00. The van der Waals surface area contributed by atoms with E-state index in [9.17, 15) is 14.9 Å². The summed E-state index contributed by atoms with van der Waals surface area (Å²) in [6.07, 6.45) is 0. The molecule has 16 heavy (non-hydrogen) atoms. The van der Waals surface area contributed by atoms with Crippen LogP contribution < -0.4 is 5.32 Å². The molecule has 0 spiro atoms. The zero-order chi connectivity index (χ0) is 12.3. The largest absolute Gasteiger partial charge is 0.349 e. The van der Waals surface area contributed by atoms with E-state index in [4.69, 9.17) is 0 Å². The van der Waals surface area contributed by atoms with E-state index in [2.05, 4.69) is 5.32 Å². The van der Waals surface area contributed by atoms with Crippen LogP contribution in [0.5, 0.6) is 0 Å². The van der Waals surface area contributed by atoms with Gasteiger partial charge in [0.1, 0.15) is 0 Å². The van der Waals surface area contributed by atoms with Crippen molar-refractivity contribution in [3.63, 3.8) is 0 Å². The minimum Gasteiger partial charge on any atom is -0.349 e. The fourth-order valence-corrected chi connectivity index (χ4v) is 1.70. The molecule has 1 aromatic heterocycles. The molecule has 0 bridgehead atoms. The minimum absolute atomic E-state index is 0.0117. The zero-order valence-corrected chi connectivity index (χ0v) is 10.2. The molecule has 0 aliphatic carbocycles. The van der Waals surface area contributed by atoms with Crippen LogP contribution >= 0.6 is 11.3 Å². The predicted molar refractivity (Wildman–Crippen MR) is 62.7 cm³/mol. The van der Waals surface area contributed by atoms with Gasteiger partial charge in [-0.25, -0.2) is 0 Å². The van der Waals surface area contributed by atoms with Crippen LogP contribution in [0.25, 0.3) is 0 Å². The van der Waals surface area contributed by atoms with Gasteiger partial charge in [0, 0.05) is 17.5 Å². The van der Waals surface area contributed by atoms with Gasteiger partial charge in [-0.2, -0.15) is 0 Å². The van der Waals surface area contributed by atoms with Crippen LogP contribution in [0.2, 0.25) is 0 Å². The van der Waals surface area contributed by atoms with Crippen molar-refractivity contribution in [3.05, 3.63) is 27.1 Å². The number of rotatable bonds is 4. The van der Waals surface area contributed by atoms with Crippen LogP contribution in [-0.4, -0.2) is 16.9 Å². The summed E-state index contributed by atoms with van der Waals surface area (Å²) in [4.78, 5) is 21.6. The SMILES string of the molecule is CC(C)C(C)NC(=O)c1csc([N+](=O)[O-])c1. The molecule has 1 aromatic rings. The van der Waals surface area contributed by atoms with E-state index >= 15 is 0 Å². The Morgan fingerprint density at radius 3 is 2.56 bits per heavy atom. The summed E-state index contributed by atoms with van der Waals surface area (Å²) in [6, 6.07) is 1.35. The Morgan fingerprint density at radius 1 is 1.50 bits per heavy atom. The Bertz CT molecular complexity index is 401. The molecule has 0 saturated carbocycles. The molecule has 0 saturated heterocycles. The molecular formula is C10H14N2O3S. The molecule has 6 heteroatoms. The highest BCUT2D eigenvalue weighted by atomic mass is 32.1. The van der Waals surface area contributed by atoms with Gasteiger partial charge in [0.25, 0.3) is 5.91 Å². The third-order valence-corrected chi connectivity index (χ3v) is 3.27. The zero-order valence-electron chi connectivity index (χ0n) is 9.39. The highest BCUT2D eigenvalue weighted by molar-refractivity contribution is 7.13. The second-order valence-corrected chi connectivity index (χ2v) is 4.83. The number of thiophene rings is 1. The van der Waals surface area contributed by atoms with Gasteiger partial charge in [0.05, 0.1) is 10.5 Å². The molecule has 1 rings (SSSR count). The summed E-state index contributed by atoms with van der Waals surface area (Å²) in [6.45, 7) is 5.91.